The van der Waals surface area contributed by atoms with E-state index in [1.165, 1.54) is 6.07 Å². The molecule has 220 valence electrons. The summed E-state index contributed by atoms with van der Waals surface area (Å²) in [6, 6.07) is 17.7. The summed E-state index contributed by atoms with van der Waals surface area (Å²) in [5.74, 6) is 0.763. The van der Waals surface area contributed by atoms with Crippen LogP contribution in [0.25, 0.3) is 11.0 Å². The van der Waals surface area contributed by atoms with Crippen LogP contribution < -0.4 is 9.64 Å². The summed E-state index contributed by atoms with van der Waals surface area (Å²) in [5, 5.41) is 18.5. The Kier molecular flexibility index (Phi) is 7.16. The lowest BCUT2D eigenvalue weighted by atomic mass is 9.81. The summed E-state index contributed by atoms with van der Waals surface area (Å²) >= 11 is 0. The quantitative estimate of drug-likeness (QED) is 0.307. The molecule has 2 saturated heterocycles. The van der Waals surface area contributed by atoms with Crippen LogP contribution in [0, 0.1) is 17.1 Å². The third kappa shape index (κ3) is 5.28. The molecular weight excluding hydrogens is 551 g/mol. The van der Waals surface area contributed by atoms with Gasteiger partial charge in [0.1, 0.15) is 24.1 Å². The van der Waals surface area contributed by atoms with Crippen molar-refractivity contribution in [2.24, 2.45) is 0 Å². The first kappa shape index (κ1) is 27.3. The lowest BCUT2D eigenvalue weighted by molar-refractivity contribution is -0.0594. The van der Waals surface area contributed by atoms with E-state index >= 15 is 0 Å². The molecule has 1 saturated carbocycles. The highest BCUT2D eigenvalue weighted by Crippen LogP contribution is 2.37. The zero-order valence-corrected chi connectivity index (χ0v) is 23.5. The van der Waals surface area contributed by atoms with Crippen molar-refractivity contribution in [3.63, 3.8) is 0 Å². The molecular formula is C32H31FN6O4. The van der Waals surface area contributed by atoms with E-state index < -0.39 is 11.8 Å². The van der Waals surface area contributed by atoms with Crippen LogP contribution in [0.15, 0.2) is 54.6 Å². The fourth-order valence-electron chi connectivity index (χ4n) is 6.28. The number of hydrogen-bond acceptors (Lipinski definition) is 8. The standard InChI is InChI=1S/C32H31FN6O4/c33-24-14-20(16-34)4-5-22(24)19-43-31-3-1-2-29(36-31)38-12-11-37(26-8-9-27(26)38)18-30-35-25-7-6-21(32(40)41)15-28(25)39(30)17-23-10-13-42-23/h1-7,14-15,23,26-27H,8-13,17-19H2,(H,40,41)/t23-,26+,27-/m0/s1. The van der Waals surface area contributed by atoms with Gasteiger partial charge in [0.05, 0.1) is 47.4 Å². The zero-order chi connectivity index (χ0) is 29.5. The number of imidazole rings is 1. The van der Waals surface area contributed by atoms with Gasteiger partial charge in [0, 0.05) is 43.4 Å². The highest BCUT2D eigenvalue weighted by Gasteiger charge is 2.43. The summed E-state index contributed by atoms with van der Waals surface area (Å²) in [6.07, 6.45) is 3.23. The molecule has 3 atom stereocenters. The summed E-state index contributed by atoms with van der Waals surface area (Å²) in [4.78, 5) is 26.2. The number of benzene rings is 2. The van der Waals surface area contributed by atoms with E-state index in [0.717, 1.165) is 61.6 Å². The number of piperazine rings is 1. The van der Waals surface area contributed by atoms with Gasteiger partial charge in [0.2, 0.25) is 5.88 Å². The number of aromatic nitrogens is 3. The predicted octanol–water partition coefficient (Wildman–Crippen LogP) is 4.36. The Morgan fingerprint density at radius 2 is 1.95 bits per heavy atom. The topological polar surface area (TPSA) is 117 Å². The van der Waals surface area contributed by atoms with Gasteiger partial charge in [-0.05, 0) is 55.7 Å². The zero-order valence-electron chi connectivity index (χ0n) is 23.5. The number of ether oxygens (including phenoxy) is 2. The molecule has 1 aliphatic carbocycles. The number of carbonyl (C=O) groups is 1. The second kappa shape index (κ2) is 11.3. The SMILES string of the molecule is N#Cc1ccc(COc2cccc(N3CCN(Cc4nc5ccc(C(=O)O)cc5n4C[C@@H]4CCO4)[C@@H]4CC[C@@H]43)n2)c(F)c1. The highest BCUT2D eigenvalue weighted by atomic mass is 19.1. The Morgan fingerprint density at radius 3 is 2.67 bits per heavy atom. The Morgan fingerprint density at radius 1 is 1.09 bits per heavy atom. The van der Waals surface area contributed by atoms with Crippen LogP contribution in [0.3, 0.4) is 0 Å². The van der Waals surface area contributed by atoms with Gasteiger partial charge >= 0.3 is 5.97 Å². The van der Waals surface area contributed by atoms with Crippen molar-refractivity contribution < 1.29 is 23.8 Å². The molecule has 3 fully saturated rings. The maximum absolute atomic E-state index is 14.3. The van der Waals surface area contributed by atoms with Crippen LogP contribution in [-0.4, -0.2) is 68.4 Å². The van der Waals surface area contributed by atoms with Crippen LogP contribution in [-0.2, 0) is 24.4 Å². The lowest BCUT2D eigenvalue weighted by Gasteiger charge is -2.54. The summed E-state index contributed by atoms with van der Waals surface area (Å²) in [6.45, 7) is 3.72. The molecule has 4 heterocycles. The molecule has 0 radical (unpaired) electrons. The molecule has 2 aromatic carbocycles. The molecule has 3 aliphatic rings. The fraction of sp³-hybridized carbons (Fsp3) is 0.375. The summed E-state index contributed by atoms with van der Waals surface area (Å²) in [7, 11) is 0. The number of fused-ring (bicyclic) bond motifs is 2. The van der Waals surface area contributed by atoms with Gasteiger partial charge in [-0.1, -0.05) is 12.1 Å². The number of nitriles is 1. The van der Waals surface area contributed by atoms with E-state index in [9.17, 15) is 14.3 Å². The normalized spacial score (nSPS) is 21.5. The van der Waals surface area contributed by atoms with Crippen LogP contribution in [0.4, 0.5) is 10.2 Å². The van der Waals surface area contributed by atoms with Crippen molar-refractivity contribution in [1.29, 1.82) is 5.26 Å². The summed E-state index contributed by atoms with van der Waals surface area (Å²) in [5.41, 5.74) is 2.52. The molecule has 1 N–H and O–H groups in total. The first-order chi connectivity index (χ1) is 21.0. The van der Waals surface area contributed by atoms with Gasteiger partial charge < -0.3 is 24.0 Å². The molecule has 4 aromatic rings. The molecule has 11 heteroatoms. The van der Waals surface area contributed by atoms with Gasteiger partial charge in [-0.15, -0.1) is 0 Å². The van der Waals surface area contributed by atoms with E-state index in [0.29, 0.717) is 36.6 Å². The van der Waals surface area contributed by atoms with E-state index in [1.54, 1.807) is 36.4 Å². The third-order valence-corrected chi connectivity index (χ3v) is 8.86. The van der Waals surface area contributed by atoms with Gasteiger partial charge in [0.25, 0.3) is 0 Å². The smallest absolute Gasteiger partial charge is 0.335 e. The van der Waals surface area contributed by atoms with Crippen molar-refractivity contribution in [1.82, 2.24) is 19.4 Å². The number of anilines is 1. The Labute approximate surface area is 247 Å². The molecule has 0 bridgehead atoms. The minimum absolute atomic E-state index is 0.0225. The highest BCUT2D eigenvalue weighted by molar-refractivity contribution is 5.92. The van der Waals surface area contributed by atoms with E-state index in [2.05, 4.69) is 14.4 Å². The molecule has 0 spiro atoms. The number of halogens is 1. The maximum Gasteiger partial charge on any atom is 0.335 e. The van der Waals surface area contributed by atoms with Gasteiger partial charge in [-0.3, -0.25) is 4.90 Å². The number of carboxylic acid groups (broad SMARTS) is 1. The van der Waals surface area contributed by atoms with Crippen molar-refractivity contribution >= 4 is 22.8 Å². The monoisotopic (exact) mass is 582 g/mol. The van der Waals surface area contributed by atoms with E-state index in [1.807, 2.05) is 18.2 Å². The molecule has 0 unspecified atom stereocenters. The molecule has 2 aromatic heterocycles. The number of rotatable bonds is 9. The molecule has 0 amide bonds. The average molecular weight is 583 g/mol. The first-order valence-corrected chi connectivity index (χ1v) is 14.6. The van der Waals surface area contributed by atoms with Crippen LogP contribution in [0.1, 0.15) is 46.6 Å². The lowest BCUT2D eigenvalue weighted by Crippen LogP contribution is -2.64. The number of aromatic carboxylic acids is 1. The fourth-order valence-corrected chi connectivity index (χ4v) is 6.28. The Hall–Kier alpha value is -4.53. The van der Waals surface area contributed by atoms with Crippen molar-refractivity contribution in [3.05, 3.63) is 82.9 Å². The van der Waals surface area contributed by atoms with E-state index in [4.69, 9.17) is 24.7 Å². The largest absolute Gasteiger partial charge is 0.478 e. The first-order valence-electron chi connectivity index (χ1n) is 14.6. The average Bonchev–Trinajstić information content (AvgIpc) is 3.30. The predicted molar refractivity (Wildman–Crippen MR) is 155 cm³/mol. The second-order valence-corrected chi connectivity index (χ2v) is 11.3. The number of carboxylic acids is 1. The Bertz CT molecular complexity index is 1730. The molecule has 2 aliphatic heterocycles. The Balaban J connectivity index is 1.06. The van der Waals surface area contributed by atoms with Crippen LogP contribution in [0.5, 0.6) is 5.88 Å². The van der Waals surface area contributed by atoms with Gasteiger partial charge in [-0.25, -0.2) is 14.2 Å². The van der Waals surface area contributed by atoms with Crippen molar-refractivity contribution in [2.45, 2.75) is 57.1 Å². The van der Waals surface area contributed by atoms with Gasteiger partial charge in [-0.2, -0.15) is 10.2 Å². The van der Waals surface area contributed by atoms with Crippen LogP contribution >= 0.6 is 0 Å². The number of hydrogen-bond donors (Lipinski definition) is 1. The maximum atomic E-state index is 14.3. The molecule has 43 heavy (non-hydrogen) atoms. The third-order valence-electron chi connectivity index (χ3n) is 8.86. The van der Waals surface area contributed by atoms with Crippen molar-refractivity contribution in [2.75, 3.05) is 24.6 Å². The minimum Gasteiger partial charge on any atom is -0.478 e. The molecule has 10 nitrogen and oxygen atoms in total. The minimum atomic E-state index is -0.950. The number of nitrogens with zero attached hydrogens (tertiary/aromatic N) is 6. The summed E-state index contributed by atoms with van der Waals surface area (Å²) < 4.78 is 28.0. The van der Waals surface area contributed by atoms with Crippen LogP contribution in [0.2, 0.25) is 0 Å². The number of pyridine rings is 1. The van der Waals surface area contributed by atoms with E-state index in [-0.39, 0.29) is 23.8 Å². The van der Waals surface area contributed by atoms with Crippen molar-refractivity contribution in [3.8, 4) is 11.9 Å². The molecule has 7 rings (SSSR count). The second-order valence-electron chi connectivity index (χ2n) is 11.3. The van der Waals surface area contributed by atoms with Gasteiger partial charge in [0.15, 0.2) is 0 Å².